The van der Waals surface area contributed by atoms with Crippen molar-refractivity contribution in [3.63, 3.8) is 0 Å². The second-order valence-corrected chi connectivity index (χ2v) is 6.27. The van der Waals surface area contributed by atoms with Crippen molar-refractivity contribution in [2.75, 3.05) is 25.6 Å². The lowest BCUT2D eigenvalue weighted by atomic mass is 9.78. The van der Waals surface area contributed by atoms with Gasteiger partial charge in [0.1, 0.15) is 6.10 Å². The number of benzene rings is 1. The molecule has 23 heavy (non-hydrogen) atoms. The van der Waals surface area contributed by atoms with E-state index in [2.05, 4.69) is 4.98 Å². The maximum absolute atomic E-state index is 14.6. The summed E-state index contributed by atoms with van der Waals surface area (Å²) in [7, 11) is 3.49. The molecule has 2 aliphatic rings. The molecule has 1 aromatic carbocycles. The van der Waals surface area contributed by atoms with Crippen LogP contribution in [0.4, 0.5) is 14.5 Å². The Morgan fingerprint density at radius 1 is 1.30 bits per heavy atom. The third-order valence-corrected chi connectivity index (χ3v) is 4.70. The highest BCUT2D eigenvalue weighted by Gasteiger charge is 2.59. The van der Waals surface area contributed by atoms with Gasteiger partial charge in [-0.3, -0.25) is 4.79 Å². The molecule has 0 spiro atoms. The van der Waals surface area contributed by atoms with E-state index in [1.165, 1.54) is 0 Å². The van der Waals surface area contributed by atoms with E-state index in [1.54, 1.807) is 25.1 Å². The predicted octanol–water partition coefficient (Wildman–Crippen LogP) is 3.21. The van der Waals surface area contributed by atoms with Gasteiger partial charge in [0.2, 0.25) is 5.78 Å². The van der Waals surface area contributed by atoms with Crippen molar-refractivity contribution >= 4 is 22.4 Å². The Morgan fingerprint density at radius 2 is 2.04 bits per heavy atom. The zero-order chi connectivity index (χ0) is 16.4. The van der Waals surface area contributed by atoms with Gasteiger partial charge in [-0.2, -0.15) is 8.78 Å². The van der Waals surface area contributed by atoms with Gasteiger partial charge in [0, 0.05) is 26.1 Å². The standard InChI is InChI=1S/C17H16F2N2O2/c1-21(2)14-9-5-3-4-6-11(9)20-13-12(14)16(22)17(18,19)10-7-8-23-15(10)13/h3-6,10,15H,7-8H2,1-2H3. The number of hydrogen-bond acceptors (Lipinski definition) is 4. The fraction of sp³-hybridized carbons (Fsp3) is 0.412. The number of nitrogens with zero attached hydrogens (tertiary/aromatic N) is 2. The van der Waals surface area contributed by atoms with Gasteiger partial charge in [0.25, 0.3) is 0 Å². The average molecular weight is 318 g/mol. The summed E-state index contributed by atoms with van der Waals surface area (Å²) in [5.74, 6) is -5.67. The topological polar surface area (TPSA) is 42.4 Å². The van der Waals surface area contributed by atoms with Crippen LogP contribution in [-0.2, 0) is 4.74 Å². The monoisotopic (exact) mass is 318 g/mol. The highest BCUT2D eigenvalue weighted by Crippen LogP contribution is 2.52. The zero-order valence-corrected chi connectivity index (χ0v) is 12.8. The van der Waals surface area contributed by atoms with Crippen LogP contribution < -0.4 is 4.90 Å². The number of pyridine rings is 1. The third-order valence-electron chi connectivity index (χ3n) is 4.70. The molecule has 120 valence electrons. The fourth-order valence-corrected chi connectivity index (χ4v) is 3.67. The fourth-order valence-electron chi connectivity index (χ4n) is 3.67. The summed E-state index contributed by atoms with van der Waals surface area (Å²) in [6.45, 7) is 0.226. The first kappa shape index (κ1) is 14.5. The Balaban J connectivity index is 2.11. The zero-order valence-electron chi connectivity index (χ0n) is 12.8. The molecule has 0 amide bonds. The molecule has 6 heteroatoms. The second-order valence-electron chi connectivity index (χ2n) is 6.27. The number of ether oxygens (including phenoxy) is 1. The first-order valence-corrected chi connectivity index (χ1v) is 7.57. The smallest absolute Gasteiger partial charge is 0.315 e. The number of anilines is 1. The molecule has 2 aromatic rings. The average Bonchev–Trinajstić information content (AvgIpc) is 3.01. The van der Waals surface area contributed by atoms with Crippen LogP contribution in [0.2, 0.25) is 0 Å². The number of alkyl halides is 2. The molecule has 0 bridgehead atoms. The van der Waals surface area contributed by atoms with Crippen LogP contribution in [0.25, 0.3) is 10.9 Å². The molecule has 2 atom stereocenters. The minimum absolute atomic E-state index is 0.00171. The van der Waals surface area contributed by atoms with Crippen LogP contribution in [-0.4, -0.2) is 37.4 Å². The van der Waals surface area contributed by atoms with Gasteiger partial charge >= 0.3 is 5.92 Å². The van der Waals surface area contributed by atoms with Gasteiger partial charge in [-0.05, 0) is 12.5 Å². The first-order chi connectivity index (χ1) is 10.9. The van der Waals surface area contributed by atoms with Gasteiger partial charge in [-0.25, -0.2) is 4.98 Å². The normalized spacial score (nSPS) is 25.3. The molecule has 2 heterocycles. The number of ketones is 1. The molecule has 4 nitrogen and oxygen atoms in total. The lowest BCUT2D eigenvalue weighted by molar-refractivity contribution is -0.0641. The highest BCUT2D eigenvalue weighted by molar-refractivity contribution is 6.13. The van der Waals surface area contributed by atoms with Crippen LogP contribution in [0.5, 0.6) is 0 Å². The van der Waals surface area contributed by atoms with E-state index in [-0.39, 0.29) is 18.6 Å². The maximum Gasteiger partial charge on any atom is 0.315 e. The SMILES string of the molecule is CN(C)c1c2c(nc3ccccc13)C1OCCC1C(F)(F)C2=O. The molecular formula is C17H16F2N2O2. The summed E-state index contributed by atoms with van der Waals surface area (Å²) in [4.78, 5) is 18.8. The molecule has 1 fully saturated rings. The molecule has 0 radical (unpaired) electrons. The summed E-state index contributed by atoms with van der Waals surface area (Å²) in [6.07, 6.45) is -0.643. The largest absolute Gasteiger partial charge is 0.376 e. The highest BCUT2D eigenvalue weighted by atomic mass is 19.3. The van der Waals surface area contributed by atoms with Gasteiger partial charge in [0.15, 0.2) is 0 Å². The van der Waals surface area contributed by atoms with Crippen molar-refractivity contribution in [3.8, 4) is 0 Å². The Labute approximate surface area is 132 Å². The number of carbonyl (C=O) groups excluding carboxylic acids is 1. The Bertz CT molecular complexity index is 820. The number of halogens is 2. The second kappa shape index (κ2) is 4.71. The van der Waals surface area contributed by atoms with E-state index < -0.39 is 23.7 Å². The summed E-state index contributed by atoms with van der Waals surface area (Å²) in [5.41, 5.74) is 1.53. The molecule has 1 aliphatic carbocycles. The number of rotatable bonds is 1. The van der Waals surface area contributed by atoms with E-state index in [1.807, 2.05) is 18.2 Å². The van der Waals surface area contributed by atoms with Crippen molar-refractivity contribution in [2.24, 2.45) is 5.92 Å². The molecule has 0 N–H and O–H groups in total. The van der Waals surface area contributed by atoms with E-state index in [0.717, 1.165) is 0 Å². The number of Topliss-reactive ketones (excluding diaryl/α,β-unsaturated/α-hetero) is 1. The van der Waals surface area contributed by atoms with Crippen LogP contribution in [0.15, 0.2) is 24.3 Å². The number of carbonyl (C=O) groups is 1. The van der Waals surface area contributed by atoms with Crippen molar-refractivity contribution < 1.29 is 18.3 Å². The van der Waals surface area contributed by atoms with Gasteiger partial charge in [-0.15, -0.1) is 0 Å². The maximum atomic E-state index is 14.6. The Morgan fingerprint density at radius 3 is 2.78 bits per heavy atom. The van der Waals surface area contributed by atoms with Gasteiger partial charge in [0.05, 0.1) is 28.4 Å². The number of para-hydroxylation sites is 1. The molecule has 1 saturated heterocycles. The third kappa shape index (κ3) is 1.84. The van der Waals surface area contributed by atoms with E-state index in [0.29, 0.717) is 22.3 Å². The molecule has 4 rings (SSSR count). The molecule has 0 saturated carbocycles. The molecule has 1 aliphatic heterocycles. The Kier molecular flexibility index (Phi) is 2.97. The van der Waals surface area contributed by atoms with Crippen molar-refractivity contribution in [2.45, 2.75) is 18.4 Å². The van der Waals surface area contributed by atoms with Gasteiger partial charge in [-0.1, -0.05) is 18.2 Å². The molecular weight excluding hydrogens is 302 g/mol. The summed E-state index contributed by atoms with van der Waals surface area (Å²) in [5, 5.41) is 0.692. The first-order valence-electron chi connectivity index (χ1n) is 7.57. The molecule has 1 aromatic heterocycles. The van der Waals surface area contributed by atoms with Gasteiger partial charge < -0.3 is 9.64 Å². The number of hydrogen-bond donors (Lipinski definition) is 0. The van der Waals surface area contributed by atoms with Crippen LogP contribution in [0.3, 0.4) is 0 Å². The Hall–Kier alpha value is -2.08. The number of aromatic nitrogens is 1. The summed E-state index contributed by atoms with van der Waals surface area (Å²) < 4.78 is 34.7. The van der Waals surface area contributed by atoms with Crippen LogP contribution in [0, 0.1) is 5.92 Å². The van der Waals surface area contributed by atoms with Crippen LogP contribution >= 0.6 is 0 Å². The lowest BCUT2D eigenvalue weighted by Crippen LogP contribution is -2.44. The molecule has 2 unspecified atom stereocenters. The lowest BCUT2D eigenvalue weighted by Gasteiger charge is -2.34. The predicted molar refractivity (Wildman–Crippen MR) is 82.1 cm³/mol. The van der Waals surface area contributed by atoms with Crippen LogP contribution in [0.1, 0.15) is 28.6 Å². The minimum atomic E-state index is -3.41. The van der Waals surface area contributed by atoms with Crippen molar-refractivity contribution in [3.05, 3.63) is 35.5 Å². The quantitative estimate of drug-likeness (QED) is 0.810. The number of fused-ring (bicyclic) bond motifs is 4. The van der Waals surface area contributed by atoms with E-state index in [9.17, 15) is 13.6 Å². The summed E-state index contributed by atoms with van der Waals surface area (Å²) >= 11 is 0. The van der Waals surface area contributed by atoms with Crippen molar-refractivity contribution in [1.29, 1.82) is 0 Å². The minimum Gasteiger partial charge on any atom is -0.376 e. The van der Waals surface area contributed by atoms with E-state index >= 15 is 0 Å². The van der Waals surface area contributed by atoms with Crippen molar-refractivity contribution in [1.82, 2.24) is 4.98 Å². The van der Waals surface area contributed by atoms with E-state index in [4.69, 9.17) is 4.74 Å². The summed E-state index contributed by atoms with van der Waals surface area (Å²) in [6, 6.07) is 7.27.